The highest BCUT2D eigenvalue weighted by atomic mass is 19.1. The fourth-order valence-electron chi connectivity index (χ4n) is 2.34. The minimum absolute atomic E-state index is 0.00935. The molecule has 0 heterocycles. The van der Waals surface area contributed by atoms with E-state index in [4.69, 9.17) is 4.74 Å². The van der Waals surface area contributed by atoms with E-state index in [0.29, 0.717) is 18.8 Å². The van der Waals surface area contributed by atoms with Gasteiger partial charge in [0.25, 0.3) is 0 Å². The molecule has 1 saturated carbocycles. The van der Waals surface area contributed by atoms with E-state index in [1.54, 1.807) is 12.1 Å². The fourth-order valence-corrected chi connectivity index (χ4v) is 2.34. The summed E-state index contributed by atoms with van der Waals surface area (Å²) in [4.78, 5) is 4.56. The summed E-state index contributed by atoms with van der Waals surface area (Å²) in [5.74, 6) is 0.949. The summed E-state index contributed by atoms with van der Waals surface area (Å²) < 4.78 is 19.1. The molecule has 0 amide bonds. The molecule has 1 atom stereocenters. The Hall–Kier alpha value is -1.82. The van der Waals surface area contributed by atoms with E-state index in [1.165, 1.54) is 12.1 Å². The van der Waals surface area contributed by atoms with Crippen LogP contribution in [-0.4, -0.2) is 43.4 Å². The van der Waals surface area contributed by atoms with E-state index in [1.807, 2.05) is 13.8 Å². The lowest BCUT2D eigenvalue weighted by Gasteiger charge is -2.20. The third kappa shape index (κ3) is 5.67. The van der Waals surface area contributed by atoms with Gasteiger partial charge in [-0.1, -0.05) is 13.0 Å². The molecule has 0 aromatic heterocycles. The first-order chi connectivity index (χ1) is 11.6. The van der Waals surface area contributed by atoms with E-state index < -0.39 is 0 Å². The van der Waals surface area contributed by atoms with Gasteiger partial charge >= 0.3 is 0 Å². The van der Waals surface area contributed by atoms with Crippen LogP contribution in [0.25, 0.3) is 0 Å². The Morgan fingerprint density at radius 2 is 2.17 bits per heavy atom. The molecule has 0 spiro atoms. The van der Waals surface area contributed by atoms with Gasteiger partial charge in [-0.2, -0.15) is 0 Å². The van der Waals surface area contributed by atoms with E-state index >= 15 is 0 Å². The number of halogens is 1. The van der Waals surface area contributed by atoms with Crippen molar-refractivity contribution in [3.05, 3.63) is 30.1 Å². The molecule has 0 saturated heterocycles. The van der Waals surface area contributed by atoms with Crippen LogP contribution in [0.1, 0.15) is 33.1 Å². The molecule has 5 nitrogen and oxygen atoms in total. The van der Waals surface area contributed by atoms with Gasteiger partial charge in [0.05, 0.1) is 19.7 Å². The molecular weight excluding hydrogens is 309 g/mol. The summed E-state index contributed by atoms with van der Waals surface area (Å²) in [7, 11) is 0. The maximum Gasteiger partial charge on any atom is 0.191 e. The lowest BCUT2D eigenvalue weighted by atomic mass is 10.1. The Labute approximate surface area is 143 Å². The molecule has 6 heteroatoms. The molecule has 1 fully saturated rings. The van der Waals surface area contributed by atoms with Gasteiger partial charge < -0.3 is 20.5 Å². The summed E-state index contributed by atoms with van der Waals surface area (Å²) in [5.41, 5.74) is -0.00935. The molecule has 1 aromatic rings. The normalized spacial score (nSPS) is 17.2. The summed E-state index contributed by atoms with van der Waals surface area (Å²) in [6.07, 6.45) is 2.78. The Morgan fingerprint density at radius 3 is 2.75 bits per heavy atom. The number of nitrogens with zero attached hydrogens (tertiary/aromatic N) is 1. The van der Waals surface area contributed by atoms with Crippen LogP contribution >= 0.6 is 0 Å². The SMILES string of the molecule is CCNC(=NCC1(CO)CC1)NCC(CC)Oc1cccc(F)c1. The number of rotatable bonds is 9. The number of aliphatic hydroxyl groups excluding tert-OH is 1. The minimum Gasteiger partial charge on any atom is -0.489 e. The Bertz CT molecular complexity index is 547. The molecule has 1 aromatic carbocycles. The van der Waals surface area contributed by atoms with E-state index in [0.717, 1.165) is 31.8 Å². The number of aliphatic hydroxyl groups is 1. The summed E-state index contributed by atoms with van der Waals surface area (Å²) >= 11 is 0. The van der Waals surface area contributed by atoms with Crippen LogP contribution in [-0.2, 0) is 0 Å². The van der Waals surface area contributed by atoms with Gasteiger partial charge in [0.1, 0.15) is 17.7 Å². The zero-order valence-electron chi connectivity index (χ0n) is 14.5. The predicted octanol–water partition coefficient (Wildman–Crippen LogP) is 2.31. The van der Waals surface area contributed by atoms with Crippen LogP contribution in [0.4, 0.5) is 4.39 Å². The summed E-state index contributed by atoms with van der Waals surface area (Å²) in [6.45, 7) is 6.19. The Kier molecular flexibility index (Phi) is 6.85. The lowest BCUT2D eigenvalue weighted by molar-refractivity contribution is 0.198. The van der Waals surface area contributed by atoms with E-state index in [9.17, 15) is 9.50 Å². The average molecular weight is 337 g/mol. The van der Waals surface area contributed by atoms with Gasteiger partial charge in [-0.25, -0.2) is 4.39 Å². The van der Waals surface area contributed by atoms with Crippen LogP contribution in [0.2, 0.25) is 0 Å². The van der Waals surface area contributed by atoms with Gasteiger partial charge in [0.15, 0.2) is 5.96 Å². The molecule has 0 aliphatic heterocycles. The molecular formula is C18H28FN3O2. The maximum absolute atomic E-state index is 13.2. The zero-order valence-corrected chi connectivity index (χ0v) is 14.5. The quantitative estimate of drug-likeness (QED) is 0.478. The van der Waals surface area contributed by atoms with Crippen LogP contribution in [0.15, 0.2) is 29.3 Å². The summed E-state index contributed by atoms with van der Waals surface area (Å²) in [5, 5.41) is 15.9. The highest BCUT2D eigenvalue weighted by Crippen LogP contribution is 2.45. The van der Waals surface area contributed by atoms with Crippen molar-refractivity contribution in [2.45, 2.75) is 39.2 Å². The maximum atomic E-state index is 13.2. The zero-order chi connectivity index (χ0) is 17.4. The molecule has 1 aliphatic rings. The number of hydrogen-bond donors (Lipinski definition) is 3. The largest absolute Gasteiger partial charge is 0.489 e. The fraction of sp³-hybridized carbons (Fsp3) is 0.611. The second-order valence-electron chi connectivity index (χ2n) is 6.34. The topological polar surface area (TPSA) is 65.9 Å². The molecule has 134 valence electrons. The molecule has 0 bridgehead atoms. The number of guanidine groups is 1. The van der Waals surface area contributed by atoms with Gasteiger partial charge in [0.2, 0.25) is 0 Å². The first-order valence-corrected chi connectivity index (χ1v) is 8.66. The summed E-state index contributed by atoms with van der Waals surface area (Å²) in [6, 6.07) is 6.18. The third-order valence-corrected chi connectivity index (χ3v) is 4.26. The first-order valence-electron chi connectivity index (χ1n) is 8.66. The molecule has 24 heavy (non-hydrogen) atoms. The molecule has 3 N–H and O–H groups in total. The highest BCUT2D eigenvalue weighted by Gasteiger charge is 2.41. The van der Waals surface area contributed by atoms with Crippen LogP contribution in [0, 0.1) is 11.2 Å². The Balaban J connectivity index is 1.87. The van der Waals surface area contributed by atoms with Crippen molar-refractivity contribution >= 4 is 5.96 Å². The van der Waals surface area contributed by atoms with Gasteiger partial charge in [-0.15, -0.1) is 0 Å². The van der Waals surface area contributed by atoms with Crippen LogP contribution in [0.3, 0.4) is 0 Å². The van der Waals surface area contributed by atoms with Gasteiger partial charge in [-0.3, -0.25) is 4.99 Å². The highest BCUT2D eigenvalue weighted by molar-refractivity contribution is 5.79. The average Bonchev–Trinajstić information content (AvgIpc) is 3.36. The second-order valence-corrected chi connectivity index (χ2v) is 6.34. The van der Waals surface area contributed by atoms with Crippen molar-refractivity contribution in [1.82, 2.24) is 10.6 Å². The van der Waals surface area contributed by atoms with Crippen molar-refractivity contribution in [1.29, 1.82) is 0 Å². The van der Waals surface area contributed by atoms with Crippen molar-refractivity contribution in [3.63, 3.8) is 0 Å². The molecule has 1 unspecified atom stereocenters. The lowest BCUT2D eigenvalue weighted by Crippen LogP contribution is -2.42. The Morgan fingerprint density at radius 1 is 1.38 bits per heavy atom. The van der Waals surface area contributed by atoms with Crippen molar-refractivity contribution in [2.24, 2.45) is 10.4 Å². The van der Waals surface area contributed by atoms with Gasteiger partial charge in [0, 0.05) is 18.0 Å². The smallest absolute Gasteiger partial charge is 0.191 e. The number of aliphatic imine (C=N–C) groups is 1. The molecule has 1 aliphatic carbocycles. The van der Waals surface area contributed by atoms with Crippen LogP contribution in [0.5, 0.6) is 5.75 Å². The van der Waals surface area contributed by atoms with Crippen LogP contribution < -0.4 is 15.4 Å². The van der Waals surface area contributed by atoms with E-state index in [2.05, 4.69) is 15.6 Å². The minimum atomic E-state index is -0.302. The van der Waals surface area contributed by atoms with Gasteiger partial charge in [-0.05, 0) is 38.3 Å². The standard InChI is InChI=1S/C18H28FN3O2/c1-3-15(24-16-7-5-6-14(19)10-16)11-21-17(20-4-2)22-12-18(13-23)8-9-18/h5-7,10,15,23H,3-4,8-9,11-13H2,1-2H3,(H2,20,21,22). The molecule has 0 radical (unpaired) electrons. The monoisotopic (exact) mass is 337 g/mol. The third-order valence-electron chi connectivity index (χ3n) is 4.26. The van der Waals surface area contributed by atoms with Crippen molar-refractivity contribution in [2.75, 3.05) is 26.2 Å². The van der Waals surface area contributed by atoms with Crippen molar-refractivity contribution < 1.29 is 14.2 Å². The van der Waals surface area contributed by atoms with Crippen molar-refractivity contribution in [3.8, 4) is 5.75 Å². The number of hydrogen-bond acceptors (Lipinski definition) is 3. The first kappa shape index (κ1) is 18.5. The number of nitrogens with one attached hydrogen (secondary N) is 2. The van der Waals surface area contributed by atoms with E-state index in [-0.39, 0.29) is 23.9 Å². The second kappa shape index (κ2) is 8.87. The predicted molar refractivity (Wildman–Crippen MR) is 93.8 cm³/mol. The molecule has 2 rings (SSSR count). The number of benzene rings is 1. The number of ether oxygens (including phenoxy) is 1.